The van der Waals surface area contributed by atoms with Gasteiger partial charge in [-0.3, -0.25) is 4.79 Å². The first-order valence-corrected chi connectivity index (χ1v) is 5.37. The fraction of sp³-hybridized carbons (Fsp3) is 0.200. The fourth-order valence-electron chi connectivity index (χ4n) is 0.980. The average molecular weight is 288 g/mol. The van der Waals surface area contributed by atoms with Gasteiger partial charge >= 0.3 is 0 Å². The molecule has 1 rings (SSSR count). The molecule has 0 heterocycles. The zero-order chi connectivity index (χ0) is 11.4. The van der Waals surface area contributed by atoms with Gasteiger partial charge in [-0.2, -0.15) is 5.26 Å². The second-order valence-corrected chi connectivity index (χ2v) is 4.24. The van der Waals surface area contributed by atoms with E-state index in [0.717, 1.165) is 0 Å². The van der Waals surface area contributed by atoms with Crippen molar-refractivity contribution in [3.8, 4) is 6.07 Å². The van der Waals surface area contributed by atoms with Gasteiger partial charge in [0.15, 0.2) is 0 Å². The van der Waals surface area contributed by atoms with Crippen LogP contribution in [0.5, 0.6) is 0 Å². The number of halogens is 2. The molecular formula is C10H8BrClN2O. The predicted molar refractivity (Wildman–Crippen MR) is 61.7 cm³/mol. The minimum absolute atomic E-state index is 0.299. The number of hydrogen-bond acceptors (Lipinski definition) is 2. The molecule has 15 heavy (non-hydrogen) atoms. The Morgan fingerprint density at radius 1 is 1.67 bits per heavy atom. The molecule has 1 N–H and O–H groups in total. The first-order chi connectivity index (χ1) is 7.04. The Labute approximate surface area is 101 Å². The molecule has 0 radical (unpaired) electrons. The molecule has 0 fully saturated rings. The van der Waals surface area contributed by atoms with Crippen LogP contribution in [0, 0.1) is 11.3 Å². The lowest BCUT2D eigenvalue weighted by Crippen LogP contribution is -2.31. The van der Waals surface area contributed by atoms with Crippen LogP contribution in [-0.2, 0) is 0 Å². The molecule has 78 valence electrons. The number of rotatable bonds is 2. The van der Waals surface area contributed by atoms with Crippen molar-refractivity contribution in [3.05, 3.63) is 33.3 Å². The highest BCUT2D eigenvalue weighted by atomic mass is 79.9. The number of benzene rings is 1. The maximum atomic E-state index is 11.6. The van der Waals surface area contributed by atoms with Gasteiger partial charge in [0.25, 0.3) is 5.91 Å². The quantitative estimate of drug-likeness (QED) is 0.909. The summed E-state index contributed by atoms with van der Waals surface area (Å²) in [7, 11) is 0. The molecule has 0 spiro atoms. The van der Waals surface area contributed by atoms with E-state index in [1.807, 2.05) is 6.07 Å². The van der Waals surface area contributed by atoms with Gasteiger partial charge in [-0.15, -0.1) is 0 Å². The molecular weight excluding hydrogens is 279 g/mol. The van der Waals surface area contributed by atoms with Crippen LogP contribution < -0.4 is 5.32 Å². The number of carbonyl (C=O) groups is 1. The van der Waals surface area contributed by atoms with E-state index in [2.05, 4.69) is 21.2 Å². The lowest BCUT2D eigenvalue weighted by molar-refractivity contribution is 0.0947. The Hall–Kier alpha value is -1.05. The van der Waals surface area contributed by atoms with E-state index >= 15 is 0 Å². The Morgan fingerprint density at radius 3 is 2.87 bits per heavy atom. The normalized spacial score (nSPS) is 11.6. The molecule has 1 unspecified atom stereocenters. The van der Waals surface area contributed by atoms with Crippen LogP contribution in [0.4, 0.5) is 0 Å². The van der Waals surface area contributed by atoms with Crippen molar-refractivity contribution < 1.29 is 4.79 Å². The summed E-state index contributed by atoms with van der Waals surface area (Å²) >= 11 is 8.97. The van der Waals surface area contributed by atoms with E-state index in [1.54, 1.807) is 25.1 Å². The van der Waals surface area contributed by atoms with E-state index in [9.17, 15) is 4.79 Å². The van der Waals surface area contributed by atoms with E-state index in [0.29, 0.717) is 15.1 Å². The first kappa shape index (κ1) is 12.0. The summed E-state index contributed by atoms with van der Waals surface area (Å²) in [4.78, 5) is 11.6. The molecule has 0 aliphatic carbocycles. The van der Waals surface area contributed by atoms with Crippen molar-refractivity contribution in [2.75, 3.05) is 0 Å². The third kappa shape index (κ3) is 3.22. The summed E-state index contributed by atoms with van der Waals surface area (Å²) in [6, 6.07) is 6.27. The minimum Gasteiger partial charge on any atom is -0.337 e. The van der Waals surface area contributed by atoms with Crippen LogP contribution in [0.25, 0.3) is 0 Å². The molecule has 0 aliphatic rings. The lowest BCUT2D eigenvalue weighted by atomic mass is 10.2. The van der Waals surface area contributed by atoms with Crippen LogP contribution in [0.2, 0.25) is 5.02 Å². The van der Waals surface area contributed by atoms with Gasteiger partial charge in [0.1, 0.15) is 6.04 Å². The second kappa shape index (κ2) is 5.15. The SMILES string of the molecule is CC(C#N)NC(=O)c1ccc(Cl)cc1Br. The molecule has 1 amide bonds. The van der Waals surface area contributed by atoms with Gasteiger partial charge in [0.05, 0.1) is 11.6 Å². The van der Waals surface area contributed by atoms with Gasteiger partial charge in [0.2, 0.25) is 0 Å². The summed E-state index contributed by atoms with van der Waals surface area (Å²) in [6.45, 7) is 1.61. The predicted octanol–water partition coefficient (Wildman–Crippen LogP) is 2.74. The fourth-order valence-corrected chi connectivity index (χ4v) is 1.84. The maximum absolute atomic E-state index is 11.6. The van der Waals surface area contributed by atoms with Crippen molar-refractivity contribution in [1.29, 1.82) is 5.26 Å². The minimum atomic E-state index is -0.514. The summed E-state index contributed by atoms with van der Waals surface area (Å²) in [5, 5.41) is 11.6. The monoisotopic (exact) mass is 286 g/mol. The summed E-state index contributed by atoms with van der Waals surface area (Å²) in [5.74, 6) is -0.299. The van der Waals surface area contributed by atoms with Gasteiger partial charge in [-0.25, -0.2) is 0 Å². The van der Waals surface area contributed by atoms with Crippen LogP contribution in [0.1, 0.15) is 17.3 Å². The van der Waals surface area contributed by atoms with Crippen LogP contribution in [0.15, 0.2) is 22.7 Å². The zero-order valence-electron chi connectivity index (χ0n) is 7.92. The lowest BCUT2D eigenvalue weighted by Gasteiger charge is -2.07. The molecule has 1 atom stereocenters. The Kier molecular flexibility index (Phi) is 4.13. The van der Waals surface area contributed by atoms with Gasteiger partial charge in [0, 0.05) is 9.50 Å². The first-order valence-electron chi connectivity index (χ1n) is 4.20. The summed E-state index contributed by atoms with van der Waals surface area (Å²) < 4.78 is 0.609. The standard InChI is InChI=1S/C10H8BrClN2O/c1-6(5-13)14-10(15)8-3-2-7(12)4-9(8)11/h2-4,6H,1H3,(H,14,15). The van der Waals surface area contributed by atoms with Gasteiger partial charge in [-0.1, -0.05) is 11.6 Å². The third-order valence-corrected chi connectivity index (χ3v) is 2.61. The van der Waals surface area contributed by atoms with E-state index in [1.165, 1.54) is 0 Å². The molecule has 1 aromatic rings. The Bertz CT molecular complexity index is 428. The highest BCUT2D eigenvalue weighted by Crippen LogP contribution is 2.21. The van der Waals surface area contributed by atoms with E-state index in [4.69, 9.17) is 16.9 Å². The van der Waals surface area contributed by atoms with Crippen molar-refractivity contribution in [2.24, 2.45) is 0 Å². The number of nitrogens with one attached hydrogen (secondary N) is 1. The highest BCUT2D eigenvalue weighted by molar-refractivity contribution is 9.10. The van der Waals surface area contributed by atoms with Gasteiger partial charge in [-0.05, 0) is 41.1 Å². The number of amides is 1. The average Bonchev–Trinajstić information content (AvgIpc) is 2.17. The highest BCUT2D eigenvalue weighted by Gasteiger charge is 2.12. The maximum Gasteiger partial charge on any atom is 0.253 e. The molecule has 0 aliphatic heterocycles. The van der Waals surface area contributed by atoms with Crippen molar-refractivity contribution in [2.45, 2.75) is 13.0 Å². The number of nitriles is 1. The molecule has 5 heteroatoms. The molecule has 0 bridgehead atoms. The molecule has 0 aromatic heterocycles. The molecule has 0 saturated carbocycles. The Morgan fingerprint density at radius 2 is 2.33 bits per heavy atom. The topological polar surface area (TPSA) is 52.9 Å². The van der Waals surface area contributed by atoms with Crippen LogP contribution >= 0.6 is 27.5 Å². The van der Waals surface area contributed by atoms with Crippen LogP contribution in [0.3, 0.4) is 0 Å². The molecule has 1 aromatic carbocycles. The third-order valence-electron chi connectivity index (χ3n) is 1.72. The zero-order valence-corrected chi connectivity index (χ0v) is 10.3. The van der Waals surface area contributed by atoms with Crippen molar-refractivity contribution >= 4 is 33.4 Å². The Balaban J connectivity index is 2.88. The van der Waals surface area contributed by atoms with Crippen molar-refractivity contribution in [3.63, 3.8) is 0 Å². The molecule has 3 nitrogen and oxygen atoms in total. The number of nitrogens with zero attached hydrogens (tertiary/aromatic N) is 1. The van der Waals surface area contributed by atoms with Gasteiger partial charge < -0.3 is 5.32 Å². The van der Waals surface area contributed by atoms with E-state index < -0.39 is 6.04 Å². The second-order valence-electron chi connectivity index (χ2n) is 2.95. The summed E-state index contributed by atoms with van der Waals surface area (Å²) in [5.41, 5.74) is 0.460. The smallest absolute Gasteiger partial charge is 0.253 e. The van der Waals surface area contributed by atoms with Crippen LogP contribution in [-0.4, -0.2) is 11.9 Å². The molecule has 0 saturated heterocycles. The summed E-state index contributed by atoms with van der Waals surface area (Å²) in [6.07, 6.45) is 0. The largest absolute Gasteiger partial charge is 0.337 e. The van der Waals surface area contributed by atoms with Crippen molar-refractivity contribution in [1.82, 2.24) is 5.32 Å². The number of hydrogen-bond donors (Lipinski definition) is 1. The van der Waals surface area contributed by atoms with E-state index in [-0.39, 0.29) is 5.91 Å². The number of carbonyl (C=O) groups excluding carboxylic acids is 1.